The summed E-state index contributed by atoms with van der Waals surface area (Å²) < 4.78 is 6.12. The molecule has 0 aromatic carbocycles. The molecule has 0 aromatic rings. The second kappa shape index (κ2) is 6.03. The Hall–Kier alpha value is 0.400. The maximum absolute atomic E-state index is 6.12. The number of ether oxygens (including phenoxy) is 1. The van der Waals surface area contributed by atoms with Gasteiger partial charge >= 0.3 is 0 Å². The number of rotatable bonds is 4. The summed E-state index contributed by atoms with van der Waals surface area (Å²) in [7, 11) is 0. The SMILES string of the molecule is CC1(C)CCC(CN2CCCCC2CCBr)O1. The van der Waals surface area contributed by atoms with E-state index in [-0.39, 0.29) is 5.60 Å². The van der Waals surface area contributed by atoms with E-state index in [0.29, 0.717) is 6.10 Å². The third kappa shape index (κ3) is 3.93. The molecular weight excluding hydrogens is 278 g/mol. The van der Waals surface area contributed by atoms with Crippen molar-refractivity contribution >= 4 is 15.9 Å². The number of likely N-dealkylation sites (tertiary alicyclic amines) is 1. The molecule has 0 aromatic heterocycles. The standard InChI is InChI=1S/C14H26BrNO/c1-14(2)8-6-13(17-14)11-16-10-4-3-5-12(16)7-9-15/h12-13H,3-11H2,1-2H3. The fourth-order valence-electron chi connectivity index (χ4n) is 3.22. The maximum Gasteiger partial charge on any atom is 0.0710 e. The number of nitrogens with zero attached hydrogens (tertiary/aromatic N) is 1. The van der Waals surface area contributed by atoms with Crippen molar-refractivity contribution in [3.05, 3.63) is 0 Å². The zero-order valence-corrected chi connectivity index (χ0v) is 12.8. The van der Waals surface area contributed by atoms with Crippen molar-refractivity contribution in [3.63, 3.8) is 0 Å². The van der Waals surface area contributed by atoms with Gasteiger partial charge in [-0.2, -0.15) is 0 Å². The number of piperidine rings is 1. The maximum atomic E-state index is 6.12. The largest absolute Gasteiger partial charge is 0.371 e. The fourth-order valence-corrected chi connectivity index (χ4v) is 3.75. The highest BCUT2D eigenvalue weighted by atomic mass is 79.9. The van der Waals surface area contributed by atoms with E-state index in [1.807, 2.05) is 0 Å². The molecular formula is C14H26BrNO. The van der Waals surface area contributed by atoms with Gasteiger partial charge in [-0.3, -0.25) is 4.90 Å². The van der Waals surface area contributed by atoms with Gasteiger partial charge in [-0.15, -0.1) is 0 Å². The van der Waals surface area contributed by atoms with Gasteiger partial charge in [-0.05, 0) is 52.5 Å². The predicted molar refractivity (Wildman–Crippen MR) is 75.8 cm³/mol. The van der Waals surface area contributed by atoms with Crippen molar-refractivity contribution in [3.8, 4) is 0 Å². The topological polar surface area (TPSA) is 12.5 Å². The van der Waals surface area contributed by atoms with Crippen molar-refractivity contribution in [2.24, 2.45) is 0 Å². The van der Waals surface area contributed by atoms with Crippen LogP contribution in [0.4, 0.5) is 0 Å². The summed E-state index contributed by atoms with van der Waals surface area (Å²) in [5, 5.41) is 1.13. The summed E-state index contributed by atoms with van der Waals surface area (Å²) in [6.07, 6.45) is 8.37. The summed E-state index contributed by atoms with van der Waals surface area (Å²) in [5.74, 6) is 0. The molecule has 0 radical (unpaired) electrons. The quantitative estimate of drug-likeness (QED) is 0.736. The molecule has 2 unspecified atom stereocenters. The van der Waals surface area contributed by atoms with Crippen LogP contribution in [-0.2, 0) is 4.74 Å². The minimum Gasteiger partial charge on any atom is -0.371 e. The lowest BCUT2D eigenvalue weighted by molar-refractivity contribution is -0.0374. The van der Waals surface area contributed by atoms with Crippen molar-refractivity contribution in [2.45, 2.75) is 70.1 Å². The van der Waals surface area contributed by atoms with Crippen molar-refractivity contribution in [1.29, 1.82) is 0 Å². The Kier molecular flexibility index (Phi) is 4.90. The molecule has 3 heteroatoms. The molecule has 2 atom stereocenters. The molecule has 2 saturated heterocycles. The smallest absolute Gasteiger partial charge is 0.0710 e. The molecule has 17 heavy (non-hydrogen) atoms. The zero-order valence-electron chi connectivity index (χ0n) is 11.3. The number of hydrogen-bond donors (Lipinski definition) is 0. The van der Waals surface area contributed by atoms with E-state index in [1.54, 1.807) is 0 Å². The summed E-state index contributed by atoms with van der Waals surface area (Å²) in [6, 6.07) is 0.787. The highest BCUT2D eigenvalue weighted by Gasteiger charge is 2.34. The van der Waals surface area contributed by atoms with Gasteiger partial charge in [0.2, 0.25) is 0 Å². The van der Waals surface area contributed by atoms with Crippen LogP contribution in [0, 0.1) is 0 Å². The first-order valence-electron chi connectivity index (χ1n) is 7.08. The summed E-state index contributed by atoms with van der Waals surface area (Å²) in [5.41, 5.74) is 0.116. The highest BCUT2D eigenvalue weighted by Crippen LogP contribution is 2.31. The van der Waals surface area contributed by atoms with Crippen LogP contribution < -0.4 is 0 Å². The lowest BCUT2D eigenvalue weighted by Crippen LogP contribution is -2.44. The highest BCUT2D eigenvalue weighted by molar-refractivity contribution is 9.09. The first kappa shape index (κ1) is 13.8. The van der Waals surface area contributed by atoms with E-state index < -0.39 is 0 Å². The lowest BCUT2D eigenvalue weighted by Gasteiger charge is -2.37. The Bertz CT molecular complexity index is 242. The van der Waals surface area contributed by atoms with Crippen LogP contribution in [0.15, 0.2) is 0 Å². The summed E-state index contributed by atoms with van der Waals surface area (Å²) in [4.78, 5) is 2.68. The van der Waals surface area contributed by atoms with Crippen LogP contribution in [0.25, 0.3) is 0 Å². The van der Waals surface area contributed by atoms with Crippen molar-refractivity contribution in [1.82, 2.24) is 4.90 Å². The van der Waals surface area contributed by atoms with Gasteiger partial charge in [0.1, 0.15) is 0 Å². The third-order valence-electron chi connectivity index (χ3n) is 4.18. The minimum atomic E-state index is 0.116. The molecule has 0 N–H and O–H groups in total. The second-order valence-corrected chi connectivity index (χ2v) is 6.95. The van der Waals surface area contributed by atoms with Crippen LogP contribution in [0.2, 0.25) is 0 Å². The Balaban J connectivity index is 1.84. The Morgan fingerprint density at radius 1 is 1.29 bits per heavy atom. The minimum absolute atomic E-state index is 0.116. The molecule has 0 saturated carbocycles. The molecule has 0 spiro atoms. The molecule has 2 nitrogen and oxygen atoms in total. The lowest BCUT2D eigenvalue weighted by atomic mass is 9.99. The molecule has 2 rings (SSSR count). The van der Waals surface area contributed by atoms with Gasteiger partial charge in [0.25, 0.3) is 0 Å². The molecule has 2 aliphatic heterocycles. The molecule has 2 heterocycles. The summed E-state index contributed by atoms with van der Waals surface area (Å²) in [6.45, 7) is 6.87. The first-order valence-corrected chi connectivity index (χ1v) is 8.21. The van der Waals surface area contributed by atoms with Crippen LogP contribution in [0.3, 0.4) is 0 Å². The van der Waals surface area contributed by atoms with Crippen molar-refractivity contribution in [2.75, 3.05) is 18.4 Å². The first-order chi connectivity index (χ1) is 8.11. The molecule has 0 aliphatic carbocycles. The third-order valence-corrected chi connectivity index (χ3v) is 4.64. The van der Waals surface area contributed by atoms with E-state index in [4.69, 9.17) is 4.74 Å². The monoisotopic (exact) mass is 303 g/mol. The number of hydrogen-bond acceptors (Lipinski definition) is 2. The predicted octanol–water partition coefficient (Wildman–Crippen LogP) is 3.58. The van der Waals surface area contributed by atoms with Gasteiger partial charge in [0.05, 0.1) is 11.7 Å². The Morgan fingerprint density at radius 2 is 2.12 bits per heavy atom. The second-order valence-electron chi connectivity index (χ2n) is 6.16. The van der Waals surface area contributed by atoms with E-state index >= 15 is 0 Å². The average Bonchev–Trinajstić information content (AvgIpc) is 2.61. The van der Waals surface area contributed by atoms with Crippen LogP contribution in [0.1, 0.15) is 52.4 Å². The summed E-state index contributed by atoms with van der Waals surface area (Å²) >= 11 is 3.59. The van der Waals surface area contributed by atoms with E-state index in [1.165, 1.54) is 45.1 Å². The normalized spacial score (nSPS) is 34.1. The average molecular weight is 304 g/mol. The number of halogens is 1. The van der Waals surface area contributed by atoms with Crippen molar-refractivity contribution < 1.29 is 4.74 Å². The molecule has 2 fully saturated rings. The zero-order chi connectivity index (χ0) is 12.3. The molecule has 0 bridgehead atoms. The van der Waals surface area contributed by atoms with E-state index in [0.717, 1.165) is 17.9 Å². The van der Waals surface area contributed by atoms with Gasteiger partial charge in [-0.25, -0.2) is 0 Å². The van der Waals surface area contributed by atoms with Crippen LogP contribution in [0.5, 0.6) is 0 Å². The Morgan fingerprint density at radius 3 is 2.76 bits per heavy atom. The fraction of sp³-hybridized carbons (Fsp3) is 1.00. The van der Waals surface area contributed by atoms with E-state index in [9.17, 15) is 0 Å². The van der Waals surface area contributed by atoms with E-state index in [2.05, 4.69) is 34.7 Å². The Labute approximate surface area is 114 Å². The van der Waals surface area contributed by atoms with Gasteiger partial charge in [-0.1, -0.05) is 22.4 Å². The van der Waals surface area contributed by atoms with Gasteiger partial charge < -0.3 is 4.74 Å². The van der Waals surface area contributed by atoms with Crippen LogP contribution >= 0.6 is 15.9 Å². The van der Waals surface area contributed by atoms with Gasteiger partial charge in [0, 0.05) is 17.9 Å². The molecule has 100 valence electrons. The molecule has 2 aliphatic rings. The molecule has 0 amide bonds. The van der Waals surface area contributed by atoms with Gasteiger partial charge in [0.15, 0.2) is 0 Å². The number of alkyl halides is 1. The van der Waals surface area contributed by atoms with Crippen LogP contribution in [-0.4, -0.2) is 41.1 Å².